The van der Waals surface area contributed by atoms with E-state index in [9.17, 15) is 18.4 Å². The van der Waals surface area contributed by atoms with Gasteiger partial charge in [-0.2, -0.15) is 0 Å². The maximum absolute atomic E-state index is 13.8. The topological polar surface area (TPSA) is 78.4 Å². The Labute approximate surface area is 182 Å². The van der Waals surface area contributed by atoms with Crippen LogP contribution >= 0.6 is 0 Å². The number of rotatable bonds is 6. The molecule has 1 heterocycles. The fraction of sp³-hybridized carbons (Fsp3) is 0.0400. The summed E-state index contributed by atoms with van der Waals surface area (Å²) in [5.74, 6) is -3.16. The van der Waals surface area contributed by atoms with Gasteiger partial charge in [-0.25, -0.2) is 8.78 Å². The molecule has 0 saturated heterocycles. The van der Waals surface area contributed by atoms with Crippen molar-refractivity contribution in [3.05, 3.63) is 113 Å². The second kappa shape index (κ2) is 8.95. The smallest absolute Gasteiger partial charge is 0.200 e. The summed E-state index contributed by atoms with van der Waals surface area (Å²) in [4.78, 5) is 26.8. The molecule has 4 rings (SSSR count). The molecule has 7 heteroatoms. The van der Waals surface area contributed by atoms with E-state index in [2.05, 4.69) is 10.6 Å². The van der Waals surface area contributed by atoms with Crippen molar-refractivity contribution in [1.82, 2.24) is 0 Å². The third-order valence-corrected chi connectivity index (χ3v) is 4.84. The zero-order valence-corrected chi connectivity index (χ0v) is 16.7. The lowest BCUT2D eigenvalue weighted by atomic mass is 9.94. The number of nitrogens with one attached hydrogen (secondary N) is 2. The molecule has 3 aromatic rings. The van der Waals surface area contributed by atoms with Gasteiger partial charge in [-0.1, -0.05) is 42.5 Å². The summed E-state index contributed by atoms with van der Waals surface area (Å²) < 4.78 is 27.6. The number of benzene rings is 3. The first-order valence-electron chi connectivity index (χ1n) is 9.76. The van der Waals surface area contributed by atoms with Crippen LogP contribution in [0.4, 0.5) is 20.2 Å². The van der Waals surface area contributed by atoms with Gasteiger partial charge in [0, 0.05) is 17.2 Å². The van der Waals surface area contributed by atoms with Gasteiger partial charge < -0.3 is 15.7 Å². The number of carbonyl (C=O) groups is 2. The minimum Gasteiger partial charge on any atom is -0.392 e. The normalized spacial score (nSPS) is 12.3. The summed E-state index contributed by atoms with van der Waals surface area (Å²) >= 11 is 0. The number of para-hydroxylation sites is 2. The molecule has 3 N–H and O–H groups in total. The molecule has 0 amide bonds. The van der Waals surface area contributed by atoms with Crippen molar-refractivity contribution in [3.8, 4) is 0 Å². The molecule has 0 aliphatic carbocycles. The van der Waals surface area contributed by atoms with Gasteiger partial charge in [0.15, 0.2) is 0 Å². The van der Waals surface area contributed by atoms with Gasteiger partial charge >= 0.3 is 0 Å². The van der Waals surface area contributed by atoms with E-state index < -0.39 is 23.2 Å². The number of hydrogen-bond donors (Lipinski definition) is 3. The number of anilines is 2. The maximum Gasteiger partial charge on any atom is 0.200 e. The summed E-state index contributed by atoms with van der Waals surface area (Å²) in [6, 6.07) is 16.0. The Kier molecular flexibility index (Phi) is 5.91. The van der Waals surface area contributed by atoms with Gasteiger partial charge in [0.1, 0.15) is 23.0 Å². The standard InChI is InChI=1S/C25H18F2N2O3/c26-18-12-17(13-19(27)14-18)24(32)22(25-28-20-8-1-2-9-21(20)29-25)23(31)16-7-3-5-15(11-16)6-4-10-30/h1-9,11-14,28-30H,10H2. The molecule has 0 aromatic heterocycles. The largest absolute Gasteiger partial charge is 0.392 e. The molecule has 0 fully saturated rings. The van der Waals surface area contributed by atoms with Crippen LogP contribution in [0.2, 0.25) is 0 Å². The number of aliphatic hydroxyl groups excluding tert-OH is 1. The summed E-state index contributed by atoms with van der Waals surface area (Å²) in [6.07, 6.45) is 3.15. The Hall–Kier alpha value is -4.10. The van der Waals surface area contributed by atoms with Crippen LogP contribution in [0.3, 0.4) is 0 Å². The molecule has 1 aliphatic heterocycles. The number of fused-ring (bicyclic) bond motifs is 1. The van der Waals surface area contributed by atoms with E-state index in [1.54, 1.807) is 54.6 Å². The first-order chi connectivity index (χ1) is 15.5. The molecule has 32 heavy (non-hydrogen) atoms. The maximum atomic E-state index is 13.8. The van der Waals surface area contributed by atoms with Crippen LogP contribution < -0.4 is 10.6 Å². The van der Waals surface area contributed by atoms with Crippen molar-refractivity contribution in [3.63, 3.8) is 0 Å². The van der Waals surface area contributed by atoms with Crippen molar-refractivity contribution < 1.29 is 23.5 Å². The van der Waals surface area contributed by atoms with E-state index in [1.807, 2.05) is 0 Å². The van der Waals surface area contributed by atoms with Crippen molar-refractivity contribution in [2.24, 2.45) is 0 Å². The minimum absolute atomic E-state index is 0.127. The summed E-state index contributed by atoms with van der Waals surface area (Å²) in [5, 5.41) is 15.0. The van der Waals surface area contributed by atoms with Gasteiger partial charge in [-0.05, 0) is 35.9 Å². The highest BCUT2D eigenvalue weighted by Gasteiger charge is 2.29. The van der Waals surface area contributed by atoms with Gasteiger partial charge in [-0.3, -0.25) is 9.59 Å². The van der Waals surface area contributed by atoms with E-state index in [0.717, 1.165) is 12.1 Å². The molecule has 3 aromatic carbocycles. The number of Topliss-reactive ketones (excluding diaryl/α,β-unsaturated/α-hetero) is 2. The Morgan fingerprint density at radius 3 is 2.06 bits per heavy atom. The molecule has 0 bridgehead atoms. The fourth-order valence-electron chi connectivity index (χ4n) is 3.40. The van der Waals surface area contributed by atoms with Gasteiger partial charge in [-0.15, -0.1) is 0 Å². The summed E-state index contributed by atoms with van der Waals surface area (Å²) in [6.45, 7) is -0.163. The first-order valence-corrected chi connectivity index (χ1v) is 9.76. The molecular formula is C25H18F2N2O3. The van der Waals surface area contributed by atoms with Crippen molar-refractivity contribution in [2.75, 3.05) is 17.2 Å². The summed E-state index contributed by atoms with van der Waals surface area (Å²) in [5.41, 5.74) is 1.60. The van der Waals surface area contributed by atoms with Crippen LogP contribution in [0.1, 0.15) is 26.3 Å². The van der Waals surface area contributed by atoms with Crippen LogP contribution in [0, 0.1) is 11.6 Å². The Balaban J connectivity index is 1.82. The Morgan fingerprint density at radius 1 is 0.812 bits per heavy atom. The zero-order valence-electron chi connectivity index (χ0n) is 16.7. The lowest BCUT2D eigenvalue weighted by molar-refractivity contribution is 0.0960. The van der Waals surface area contributed by atoms with E-state index >= 15 is 0 Å². The predicted molar refractivity (Wildman–Crippen MR) is 118 cm³/mol. The molecular weight excluding hydrogens is 414 g/mol. The average Bonchev–Trinajstić information content (AvgIpc) is 3.20. The zero-order chi connectivity index (χ0) is 22.7. The summed E-state index contributed by atoms with van der Waals surface area (Å²) in [7, 11) is 0. The van der Waals surface area contributed by atoms with E-state index in [4.69, 9.17) is 5.11 Å². The van der Waals surface area contributed by atoms with Crippen LogP contribution in [-0.2, 0) is 0 Å². The number of carbonyl (C=O) groups excluding carboxylic acids is 2. The third kappa shape index (κ3) is 4.33. The predicted octanol–water partition coefficient (Wildman–Crippen LogP) is 4.79. The fourth-order valence-corrected chi connectivity index (χ4v) is 3.40. The average molecular weight is 432 g/mol. The SMILES string of the molecule is O=C(C(C(=O)c1cccc(C=CCO)c1)=C1Nc2ccccc2N1)c1cc(F)cc(F)c1. The third-order valence-electron chi connectivity index (χ3n) is 4.84. The number of allylic oxidation sites excluding steroid dienone is 1. The molecule has 0 unspecified atom stereocenters. The molecule has 160 valence electrons. The number of ketones is 2. The highest BCUT2D eigenvalue weighted by atomic mass is 19.1. The molecule has 0 atom stereocenters. The second-order valence-electron chi connectivity index (χ2n) is 7.07. The van der Waals surface area contributed by atoms with Crippen LogP contribution in [0.15, 0.2) is 84.2 Å². The highest BCUT2D eigenvalue weighted by Crippen LogP contribution is 2.32. The number of hydrogen-bond acceptors (Lipinski definition) is 5. The monoisotopic (exact) mass is 432 g/mol. The molecule has 0 radical (unpaired) electrons. The van der Waals surface area contributed by atoms with Gasteiger partial charge in [0.2, 0.25) is 11.6 Å². The molecule has 0 spiro atoms. The number of aliphatic hydroxyl groups is 1. The van der Waals surface area contributed by atoms with E-state index in [-0.39, 0.29) is 29.1 Å². The molecule has 5 nitrogen and oxygen atoms in total. The van der Waals surface area contributed by atoms with E-state index in [1.165, 1.54) is 6.08 Å². The van der Waals surface area contributed by atoms with Crippen molar-refractivity contribution in [2.45, 2.75) is 0 Å². The van der Waals surface area contributed by atoms with Crippen LogP contribution in [0.5, 0.6) is 0 Å². The van der Waals surface area contributed by atoms with Gasteiger partial charge in [0.05, 0.1) is 18.0 Å². The Morgan fingerprint density at radius 2 is 1.44 bits per heavy atom. The Bertz CT molecular complexity index is 1230. The second-order valence-corrected chi connectivity index (χ2v) is 7.07. The number of halogens is 2. The quantitative estimate of drug-likeness (QED) is 0.226. The van der Waals surface area contributed by atoms with Crippen LogP contribution in [-0.4, -0.2) is 23.3 Å². The minimum atomic E-state index is -0.920. The van der Waals surface area contributed by atoms with Crippen molar-refractivity contribution in [1.29, 1.82) is 0 Å². The molecule has 1 aliphatic rings. The lowest BCUT2D eigenvalue weighted by Crippen LogP contribution is -2.21. The highest BCUT2D eigenvalue weighted by molar-refractivity contribution is 6.32. The lowest BCUT2D eigenvalue weighted by Gasteiger charge is -2.12. The van der Waals surface area contributed by atoms with Crippen molar-refractivity contribution >= 4 is 29.0 Å². The van der Waals surface area contributed by atoms with Crippen LogP contribution in [0.25, 0.3) is 6.08 Å². The molecule has 0 saturated carbocycles. The van der Waals surface area contributed by atoms with Gasteiger partial charge in [0.25, 0.3) is 0 Å². The first kappa shape index (κ1) is 21.1. The van der Waals surface area contributed by atoms with E-state index in [0.29, 0.717) is 23.0 Å².